The SMILES string of the molecule is CC1(C)c2cccc3c2B2c4c(cccc4-n4c(=O)c5ccc(C6CCC7C(C6)P6C8CCCC9C%10CCCCC%10C(=O)N(C%10CCC%11C%12CCCCC%12C(=O)N7C%11C%106)C98)cc5c5ccc1c2c54)O3. The van der Waals surface area contributed by atoms with Crippen molar-refractivity contribution in [1.82, 2.24) is 14.4 Å². The third kappa shape index (κ3) is 4.82. The second kappa shape index (κ2) is 13.7. The predicted molar refractivity (Wildman–Crippen MR) is 275 cm³/mol. The lowest BCUT2D eigenvalue weighted by atomic mass is 9.29. The van der Waals surface area contributed by atoms with Gasteiger partial charge in [-0.1, -0.05) is 90.3 Å². The van der Waals surface area contributed by atoms with Crippen molar-refractivity contribution >= 4 is 64.5 Å². The molecule has 7 aliphatic heterocycles. The number of pyridine rings is 1. The van der Waals surface area contributed by atoms with E-state index < -0.39 is 7.92 Å². The van der Waals surface area contributed by atoms with Crippen molar-refractivity contribution in [3.63, 3.8) is 0 Å². The van der Waals surface area contributed by atoms with Gasteiger partial charge in [0.25, 0.3) is 12.3 Å². The number of amides is 2. The van der Waals surface area contributed by atoms with Crippen molar-refractivity contribution in [2.24, 2.45) is 35.5 Å². The normalized spacial score (nSPS) is 38.6. The van der Waals surface area contributed by atoms with E-state index in [9.17, 15) is 0 Å². The third-order valence-electron chi connectivity index (χ3n) is 22.4. The molecule has 8 heterocycles. The second-order valence-corrected chi connectivity index (χ2v) is 27.9. The van der Waals surface area contributed by atoms with Gasteiger partial charge in [0.15, 0.2) is 0 Å². The highest BCUT2D eigenvalue weighted by Crippen LogP contribution is 2.74. The fourth-order valence-electron chi connectivity index (χ4n) is 20.1. The van der Waals surface area contributed by atoms with Crippen molar-refractivity contribution in [2.45, 2.75) is 169 Å². The Hall–Kier alpha value is -4.42. The van der Waals surface area contributed by atoms with E-state index in [0.29, 0.717) is 82.5 Å². The molecular formula is C60H63BN3O4P. The molecule has 4 aromatic carbocycles. The fourth-order valence-corrected chi connectivity index (χ4v) is 25.3. The molecule has 12 aliphatic rings. The fraction of sp³-hybridized carbons (Fsp3) is 0.550. The van der Waals surface area contributed by atoms with Gasteiger partial charge in [-0.05, 0) is 169 Å². The first-order chi connectivity index (χ1) is 33.8. The third-order valence-corrected chi connectivity index (χ3v) is 26.4. The van der Waals surface area contributed by atoms with Crippen LogP contribution in [-0.2, 0) is 15.0 Å². The Balaban J connectivity index is 0.818. The summed E-state index contributed by atoms with van der Waals surface area (Å²) in [4.78, 5) is 51.2. The summed E-state index contributed by atoms with van der Waals surface area (Å²) >= 11 is 0. The molecule has 0 N–H and O–H groups in total. The van der Waals surface area contributed by atoms with E-state index in [2.05, 4.69) is 90.4 Å². The lowest BCUT2D eigenvalue weighted by Gasteiger charge is -2.73. The number of aromatic nitrogens is 1. The number of benzene rings is 4. The van der Waals surface area contributed by atoms with E-state index in [4.69, 9.17) is 4.74 Å². The molecule has 5 aromatic rings. The molecule has 9 heteroatoms. The number of fused-ring (bicyclic) bond motifs is 12. The molecule has 1 aromatic heterocycles. The highest BCUT2D eigenvalue weighted by atomic mass is 31.1. The molecule has 0 spiro atoms. The molecule has 17 rings (SSSR count). The van der Waals surface area contributed by atoms with Crippen LogP contribution in [0, 0.1) is 35.5 Å². The van der Waals surface area contributed by atoms with Crippen molar-refractivity contribution in [2.75, 3.05) is 0 Å². The predicted octanol–water partition coefficient (Wildman–Crippen LogP) is 9.58. The van der Waals surface area contributed by atoms with Crippen LogP contribution in [0.4, 0.5) is 0 Å². The standard InChI is InChI=1S/C60H63BN3O4P/c1-60(2)41-15-8-17-46-50(41)61-51-42(60)25-23-36-40-28-30(20-22-39(40)59(67)63(54(36)51)44-16-9-18-47(68-46)52(44)61)31-21-26-43-49(29-31)69-48-19-7-14-34-32-10-3-5-12-37(32)58(66)64(53(34)48)45-27-24-35-33-11-4-6-13-38(33)57(65)62(43)55(35)56(45)69/h8-9,15-18,20,22-23,25,28,31-35,37-38,43,45,48-49,53,55-56H,3-7,10-14,19,21,24,26-27,29H2,1-2H3. The molecule has 350 valence electrons. The number of nitrogens with zero attached hydrogens (tertiary/aromatic N) is 3. The molecule has 15 unspecified atom stereocenters. The Bertz CT molecular complexity index is 3240. The maximum atomic E-state index is 15.4. The van der Waals surface area contributed by atoms with Crippen LogP contribution in [0.3, 0.4) is 0 Å². The Morgan fingerprint density at radius 2 is 1.28 bits per heavy atom. The minimum atomic E-state index is -0.429. The minimum Gasteiger partial charge on any atom is -0.458 e. The van der Waals surface area contributed by atoms with Crippen LogP contribution < -0.4 is 26.7 Å². The summed E-state index contributed by atoms with van der Waals surface area (Å²) in [5, 5.41) is 3.04. The van der Waals surface area contributed by atoms with Crippen molar-refractivity contribution in [1.29, 1.82) is 0 Å². The summed E-state index contributed by atoms with van der Waals surface area (Å²) in [6.45, 7) is 4.70. The van der Waals surface area contributed by atoms with Gasteiger partial charge in [0.2, 0.25) is 11.8 Å². The first kappa shape index (κ1) is 40.2. The molecule has 7 nitrogen and oxygen atoms in total. The van der Waals surface area contributed by atoms with Crippen LogP contribution in [0.1, 0.15) is 139 Å². The number of hydrogen-bond donors (Lipinski definition) is 0. The summed E-state index contributed by atoms with van der Waals surface area (Å²) < 4.78 is 8.76. The molecule has 0 radical (unpaired) electrons. The number of rotatable bonds is 1. The first-order valence-corrected chi connectivity index (χ1v) is 29.3. The molecule has 9 fully saturated rings. The van der Waals surface area contributed by atoms with Crippen LogP contribution in [0.15, 0.2) is 71.5 Å². The zero-order valence-electron chi connectivity index (χ0n) is 40.2. The molecule has 2 amide bonds. The van der Waals surface area contributed by atoms with Crippen LogP contribution in [-0.4, -0.2) is 74.0 Å². The van der Waals surface area contributed by atoms with Gasteiger partial charge in [0, 0.05) is 74.9 Å². The number of ether oxygens (including phenoxy) is 1. The maximum absolute atomic E-state index is 15.4. The smallest absolute Gasteiger partial charge is 0.263 e. The van der Waals surface area contributed by atoms with E-state index in [1.807, 2.05) is 4.57 Å². The van der Waals surface area contributed by atoms with E-state index in [-0.39, 0.29) is 29.5 Å². The second-order valence-electron chi connectivity index (χ2n) is 25.1. The van der Waals surface area contributed by atoms with Gasteiger partial charge in [0.05, 0.1) is 5.52 Å². The van der Waals surface area contributed by atoms with Crippen LogP contribution in [0.2, 0.25) is 0 Å². The number of carbonyl (C=O) groups excluding carboxylic acids is 2. The number of carbonyl (C=O) groups is 2. The highest BCUT2D eigenvalue weighted by molar-refractivity contribution is 7.60. The zero-order chi connectivity index (χ0) is 45.5. The lowest BCUT2D eigenvalue weighted by Crippen LogP contribution is -2.79. The van der Waals surface area contributed by atoms with Crippen molar-refractivity contribution < 1.29 is 14.3 Å². The van der Waals surface area contributed by atoms with Crippen LogP contribution in [0.25, 0.3) is 27.4 Å². The average molecular weight is 932 g/mol. The molecule has 69 heavy (non-hydrogen) atoms. The Morgan fingerprint density at radius 3 is 2.09 bits per heavy atom. The summed E-state index contributed by atoms with van der Waals surface area (Å²) in [5.74, 6) is 6.06. The van der Waals surface area contributed by atoms with Crippen LogP contribution >= 0.6 is 7.92 Å². The van der Waals surface area contributed by atoms with E-state index in [0.717, 1.165) is 71.0 Å². The van der Waals surface area contributed by atoms with E-state index in [1.165, 1.54) is 104 Å². The topological polar surface area (TPSA) is 71.9 Å². The summed E-state index contributed by atoms with van der Waals surface area (Å²) in [5.41, 5.74) is 11.0. The summed E-state index contributed by atoms with van der Waals surface area (Å²) in [6.07, 6.45) is 19.2. The summed E-state index contributed by atoms with van der Waals surface area (Å²) in [6, 6.07) is 25.9. The molecule has 0 bridgehead atoms. The van der Waals surface area contributed by atoms with E-state index in [1.54, 1.807) is 0 Å². The van der Waals surface area contributed by atoms with Gasteiger partial charge in [-0.25, -0.2) is 0 Å². The van der Waals surface area contributed by atoms with E-state index >= 15 is 14.4 Å². The quantitative estimate of drug-likeness (QED) is 0.0935. The largest absolute Gasteiger partial charge is 0.458 e. The Morgan fingerprint density at radius 1 is 0.594 bits per heavy atom. The maximum Gasteiger partial charge on any atom is 0.263 e. The van der Waals surface area contributed by atoms with Crippen LogP contribution in [0.5, 0.6) is 11.5 Å². The van der Waals surface area contributed by atoms with Gasteiger partial charge < -0.3 is 14.5 Å². The monoisotopic (exact) mass is 931 g/mol. The first-order valence-electron chi connectivity index (χ1n) is 27.8. The average Bonchev–Trinajstić information content (AvgIpc) is 3.38. The molecular weight excluding hydrogens is 868 g/mol. The molecule has 4 saturated heterocycles. The van der Waals surface area contributed by atoms with Gasteiger partial charge in [-0.15, -0.1) is 0 Å². The van der Waals surface area contributed by atoms with Gasteiger partial charge in [-0.2, -0.15) is 0 Å². The highest BCUT2D eigenvalue weighted by Gasteiger charge is 2.70. The Labute approximate surface area is 406 Å². The van der Waals surface area contributed by atoms with Gasteiger partial charge >= 0.3 is 0 Å². The van der Waals surface area contributed by atoms with Crippen molar-refractivity contribution in [3.8, 4) is 17.2 Å². The van der Waals surface area contributed by atoms with Crippen molar-refractivity contribution in [3.05, 3.63) is 93.8 Å². The summed E-state index contributed by atoms with van der Waals surface area (Å²) in [7, 11) is -0.429. The van der Waals surface area contributed by atoms with Gasteiger partial charge in [-0.3, -0.25) is 19.0 Å². The molecule has 5 saturated carbocycles. The number of piperidine rings is 2. The minimum absolute atomic E-state index is 0.00878. The molecule has 5 aliphatic carbocycles. The number of hydrogen-bond acceptors (Lipinski definition) is 4. The molecule has 15 atom stereocenters. The zero-order valence-corrected chi connectivity index (χ0v) is 41.1. The van der Waals surface area contributed by atoms with Gasteiger partial charge in [0.1, 0.15) is 11.5 Å². The Kier molecular flexibility index (Phi) is 8.01. The lowest BCUT2D eigenvalue weighted by molar-refractivity contribution is -0.172.